The largest absolute Gasteiger partial charge is 0.456 e. The molecule has 0 aliphatic carbocycles. The van der Waals surface area contributed by atoms with Crippen LogP contribution in [0.15, 0.2) is 54.6 Å². The number of fused-ring (bicyclic) bond motifs is 6. The molecule has 0 saturated heterocycles. The number of carbonyl (C=O) groups is 3. The molecule has 0 radical (unpaired) electrons. The van der Waals surface area contributed by atoms with Crippen LogP contribution in [0.2, 0.25) is 0 Å². The molecule has 3 aromatic rings. The monoisotopic (exact) mass is 654 g/mol. The third kappa shape index (κ3) is 6.87. The Balaban J connectivity index is 1.60. The van der Waals surface area contributed by atoms with Crippen LogP contribution in [0.5, 0.6) is 23.0 Å². The van der Waals surface area contributed by atoms with E-state index in [0.29, 0.717) is 58.1 Å². The molecule has 0 amide bonds. The number of benzene rings is 3. The van der Waals surface area contributed by atoms with Gasteiger partial charge >= 0.3 is 17.9 Å². The minimum absolute atomic E-state index is 0.0385. The number of hydrogen-bond acceptors (Lipinski definition) is 7. The first-order chi connectivity index (χ1) is 22.0. The summed E-state index contributed by atoms with van der Waals surface area (Å²) in [5.41, 5.74) is 1.02. The first kappa shape index (κ1) is 35.2. The van der Waals surface area contributed by atoms with Gasteiger partial charge in [-0.05, 0) is 78.8 Å². The standard InChI is InChI=1S/C41H50O7/c1-24(22-37(2,3)4)34(42)45-26-14-17-30-32(20-26)47-33-21-27(46-36(44)40(11,12)23-38(5,6)7)15-18-31(33)41(30)29-16-13-25(39(8,9)10)19-28(29)35(43)48-41/h13-21,24H,22-23H2,1-12H3. The van der Waals surface area contributed by atoms with E-state index < -0.39 is 17.0 Å². The number of esters is 3. The molecule has 2 atom stereocenters. The van der Waals surface area contributed by atoms with E-state index in [2.05, 4.69) is 62.3 Å². The average Bonchev–Trinajstić information content (AvgIpc) is 3.22. The van der Waals surface area contributed by atoms with Crippen molar-refractivity contribution in [2.75, 3.05) is 0 Å². The maximum Gasteiger partial charge on any atom is 0.340 e. The van der Waals surface area contributed by atoms with Crippen LogP contribution in [-0.2, 0) is 25.3 Å². The van der Waals surface area contributed by atoms with Crippen LogP contribution < -0.4 is 14.2 Å². The molecule has 3 aromatic carbocycles. The molecule has 2 aliphatic heterocycles. The quantitative estimate of drug-likeness (QED) is 0.193. The fourth-order valence-electron chi connectivity index (χ4n) is 7.14. The third-order valence-electron chi connectivity index (χ3n) is 8.89. The minimum atomic E-state index is -1.33. The van der Waals surface area contributed by atoms with E-state index >= 15 is 0 Å². The highest BCUT2D eigenvalue weighted by molar-refractivity contribution is 5.97. The van der Waals surface area contributed by atoms with Crippen molar-refractivity contribution in [2.24, 2.45) is 22.2 Å². The van der Waals surface area contributed by atoms with Gasteiger partial charge in [-0.3, -0.25) is 9.59 Å². The Kier molecular flexibility index (Phi) is 8.64. The van der Waals surface area contributed by atoms with Crippen molar-refractivity contribution in [1.82, 2.24) is 0 Å². The molecular formula is C41H50O7. The van der Waals surface area contributed by atoms with Gasteiger partial charge in [0.25, 0.3) is 0 Å². The van der Waals surface area contributed by atoms with Crippen LogP contribution in [-0.4, -0.2) is 17.9 Å². The zero-order chi connectivity index (χ0) is 35.6. The Labute approximate surface area is 285 Å². The molecule has 1 spiro atoms. The SMILES string of the molecule is CC(CC(C)(C)C)C(=O)Oc1ccc2c(c1)Oc1cc(OC(=O)C(C)(C)CC(C)(C)C)ccc1C21OC(=O)c2cc(C(C)(C)C)ccc21. The van der Waals surface area contributed by atoms with Gasteiger partial charge in [-0.1, -0.05) is 81.4 Å². The summed E-state index contributed by atoms with van der Waals surface area (Å²) in [7, 11) is 0. The Bertz CT molecular complexity index is 1780. The van der Waals surface area contributed by atoms with Gasteiger partial charge in [0.05, 0.1) is 16.9 Å². The van der Waals surface area contributed by atoms with Crippen molar-refractivity contribution in [3.8, 4) is 23.0 Å². The molecule has 7 nitrogen and oxygen atoms in total. The van der Waals surface area contributed by atoms with E-state index in [-0.39, 0.29) is 34.1 Å². The van der Waals surface area contributed by atoms with E-state index in [1.54, 1.807) is 36.4 Å². The fraction of sp³-hybridized carbons (Fsp3) is 0.488. The predicted molar refractivity (Wildman–Crippen MR) is 186 cm³/mol. The molecule has 7 heteroatoms. The van der Waals surface area contributed by atoms with Crippen LogP contribution in [0, 0.1) is 22.2 Å². The molecule has 5 rings (SSSR count). The van der Waals surface area contributed by atoms with Crippen molar-refractivity contribution in [3.05, 3.63) is 82.4 Å². The highest BCUT2D eigenvalue weighted by Crippen LogP contribution is 2.57. The second-order valence-corrected chi connectivity index (χ2v) is 17.6. The smallest absolute Gasteiger partial charge is 0.340 e. The van der Waals surface area contributed by atoms with Gasteiger partial charge in [0.2, 0.25) is 0 Å². The second-order valence-electron chi connectivity index (χ2n) is 17.6. The lowest BCUT2D eigenvalue weighted by Gasteiger charge is -2.37. The van der Waals surface area contributed by atoms with Crippen molar-refractivity contribution in [1.29, 1.82) is 0 Å². The molecule has 2 heterocycles. The minimum Gasteiger partial charge on any atom is -0.456 e. The number of rotatable bonds is 6. The zero-order valence-electron chi connectivity index (χ0n) is 30.5. The summed E-state index contributed by atoms with van der Waals surface area (Å²) in [6, 6.07) is 16.2. The third-order valence-corrected chi connectivity index (χ3v) is 8.89. The van der Waals surface area contributed by atoms with E-state index in [9.17, 15) is 14.4 Å². The molecule has 256 valence electrons. The Morgan fingerprint density at radius 3 is 1.79 bits per heavy atom. The van der Waals surface area contributed by atoms with Crippen molar-refractivity contribution >= 4 is 17.9 Å². The first-order valence-electron chi connectivity index (χ1n) is 16.8. The molecule has 48 heavy (non-hydrogen) atoms. The van der Waals surface area contributed by atoms with Crippen LogP contribution >= 0.6 is 0 Å². The zero-order valence-corrected chi connectivity index (χ0v) is 30.5. The summed E-state index contributed by atoms with van der Waals surface area (Å²) >= 11 is 0. The summed E-state index contributed by atoms with van der Waals surface area (Å²) in [5.74, 6) is -0.0820. The van der Waals surface area contributed by atoms with E-state index in [1.165, 1.54) is 0 Å². The van der Waals surface area contributed by atoms with Gasteiger partial charge in [-0.25, -0.2) is 4.79 Å². The number of carbonyl (C=O) groups excluding carboxylic acids is 3. The predicted octanol–water partition coefficient (Wildman–Crippen LogP) is 9.90. The normalized spacial score (nSPS) is 17.9. The molecule has 2 unspecified atom stereocenters. The Morgan fingerprint density at radius 2 is 1.27 bits per heavy atom. The number of hydrogen-bond donors (Lipinski definition) is 0. The van der Waals surface area contributed by atoms with E-state index in [1.807, 2.05) is 39.0 Å². The van der Waals surface area contributed by atoms with Gasteiger partial charge < -0.3 is 18.9 Å². The molecular weight excluding hydrogens is 604 g/mol. The van der Waals surface area contributed by atoms with E-state index in [0.717, 1.165) is 5.56 Å². The van der Waals surface area contributed by atoms with Crippen molar-refractivity contribution in [3.63, 3.8) is 0 Å². The van der Waals surface area contributed by atoms with Gasteiger partial charge in [0.1, 0.15) is 23.0 Å². The Hall–Kier alpha value is -4.13. The Morgan fingerprint density at radius 1 is 0.729 bits per heavy atom. The summed E-state index contributed by atoms with van der Waals surface area (Å²) in [4.78, 5) is 40.1. The average molecular weight is 655 g/mol. The fourth-order valence-corrected chi connectivity index (χ4v) is 7.14. The van der Waals surface area contributed by atoms with Crippen LogP contribution in [0.1, 0.15) is 129 Å². The lowest BCUT2D eigenvalue weighted by molar-refractivity contribution is -0.145. The summed E-state index contributed by atoms with van der Waals surface area (Å²) in [5, 5.41) is 0. The van der Waals surface area contributed by atoms with Crippen LogP contribution in [0.4, 0.5) is 0 Å². The maximum atomic E-state index is 13.7. The van der Waals surface area contributed by atoms with Crippen LogP contribution in [0.25, 0.3) is 0 Å². The lowest BCUT2D eigenvalue weighted by Crippen LogP contribution is -2.34. The molecule has 0 fully saturated rings. The van der Waals surface area contributed by atoms with Crippen molar-refractivity contribution in [2.45, 2.75) is 107 Å². The highest BCUT2D eigenvalue weighted by atomic mass is 16.6. The summed E-state index contributed by atoms with van der Waals surface area (Å²) in [6.07, 6.45) is 1.30. The molecule has 0 bridgehead atoms. The first-order valence-corrected chi connectivity index (χ1v) is 16.8. The molecule has 0 saturated carbocycles. The molecule has 0 N–H and O–H groups in total. The number of ether oxygens (including phenoxy) is 4. The molecule has 0 aromatic heterocycles. The van der Waals surface area contributed by atoms with Gasteiger partial charge in [-0.15, -0.1) is 0 Å². The maximum absolute atomic E-state index is 13.7. The topological polar surface area (TPSA) is 88.1 Å². The van der Waals surface area contributed by atoms with E-state index in [4.69, 9.17) is 18.9 Å². The van der Waals surface area contributed by atoms with Gasteiger partial charge in [0.15, 0.2) is 5.60 Å². The summed E-state index contributed by atoms with van der Waals surface area (Å²) < 4.78 is 24.6. The van der Waals surface area contributed by atoms with Crippen LogP contribution in [0.3, 0.4) is 0 Å². The van der Waals surface area contributed by atoms with Crippen molar-refractivity contribution < 1.29 is 33.3 Å². The highest BCUT2D eigenvalue weighted by Gasteiger charge is 2.54. The second kappa shape index (κ2) is 11.8. The van der Waals surface area contributed by atoms with Gasteiger partial charge in [0, 0.05) is 28.8 Å². The molecule has 2 aliphatic rings. The van der Waals surface area contributed by atoms with Gasteiger partial charge in [-0.2, -0.15) is 0 Å². The summed E-state index contributed by atoms with van der Waals surface area (Å²) in [6.45, 7) is 24.4. The lowest BCUT2D eigenvalue weighted by atomic mass is 9.76.